The van der Waals surface area contributed by atoms with Crippen LogP contribution in [0.4, 0.5) is 0 Å². The van der Waals surface area contributed by atoms with E-state index in [0.717, 1.165) is 32.1 Å². The monoisotopic (exact) mass is 338 g/mol. The summed E-state index contributed by atoms with van der Waals surface area (Å²) in [6.45, 7) is 2.31. The molecule has 9 nitrogen and oxygen atoms in total. The van der Waals surface area contributed by atoms with Crippen LogP contribution in [-0.2, 0) is 14.4 Å². The summed E-state index contributed by atoms with van der Waals surface area (Å²) in [5.74, 6) is -5.02. The van der Waals surface area contributed by atoms with Crippen LogP contribution >= 0.6 is 0 Å². The van der Waals surface area contributed by atoms with E-state index in [1.807, 2.05) is 0 Å². The van der Waals surface area contributed by atoms with Gasteiger partial charge in [0.1, 0.15) is 0 Å². The SMILES string of the molecule is CCCC(O)CCCCO.O=C(O)CC(O)(CC(=O)O)C(=O)O. The van der Waals surface area contributed by atoms with Crippen molar-refractivity contribution in [2.75, 3.05) is 6.61 Å². The summed E-state index contributed by atoms with van der Waals surface area (Å²) in [6.07, 6.45) is 2.11. The zero-order chi connectivity index (χ0) is 18.5. The molecular weight excluding hydrogens is 312 g/mol. The summed E-state index contributed by atoms with van der Waals surface area (Å²) in [5, 5.41) is 51.4. The molecule has 0 heterocycles. The molecule has 136 valence electrons. The third-order valence-electron chi connectivity index (χ3n) is 2.85. The van der Waals surface area contributed by atoms with E-state index in [1.165, 1.54) is 0 Å². The Hall–Kier alpha value is -1.71. The van der Waals surface area contributed by atoms with Gasteiger partial charge in [-0.3, -0.25) is 9.59 Å². The molecule has 1 atom stereocenters. The van der Waals surface area contributed by atoms with Crippen molar-refractivity contribution in [1.82, 2.24) is 0 Å². The minimum atomic E-state index is -2.74. The smallest absolute Gasteiger partial charge is 0.336 e. The maximum Gasteiger partial charge on any atom is 0.336 e. The molecule has 0 radical (unpaired) electrons. The van der Waals surface area contributed by atoms with Crippen LogP contribution in [0.25, 0.3) is 0 Å². The van der Waals surface area contributed by atoms with Gasteiger partial charge in [0, 0.05) is 6.61 Å². The molecule has 0 bridgehead atoms. The second kappa shape index (κ2) is 12.8. The fourth-order valence-electron chi connectivity index (χ4n) is 1.68. The first-order valence-electron chi connectivity index (χ1n) is 7.27. The largest absolute Gasteiger partial charge is 0.481 e. The molecule has 1 unspecified atom stereocenters. The number of aliphatic carboxylic acids is 3. The van der Waals surface area contributed by atoms with Crippen LogP contribution in [0.15, 0.2) is 0 Å². The van der Waals surface area contributed by atoms with Crippen LogP contribution in [0.2, 0.25) is 0 Å². The number of aliphatic hydroxyl groups is 3. The lowest BCUT2D eigenvalue weighted by molar-refractivity contribution is -0.170. The predicted octanol–water partition coefficient (Wildman–Crippen LogP) is 0.0615. The molecule has 23 heavy (non-hydrogen) atoms. The maximum absolute atomic E-state index is 10.3. The Morgan fingerprint density at radius 3 is 1.74 bits per heavy atom. The molecule has 0 saturated carbocycles. The number of aliphatic hydroxyl groups excluding tert-OH is 2. The number of carboxylic acids is 3. The molecule has 0 saturated heterocycles. The van der Waals surface area contributed by atoms with Gasteiger partial charge in [0.15, 0.2) is 5.60 Å². The fraction of sp³-hybridized carbons (Fsp3) is 0.786. The number of unbranched alkanes of at least 4 members (excludes halogenated alkanes) is 1. The summed E-state index contributed by atoms with van der Waals surface area (Å²) < 4.78 is 0. The van der Waals surface area contributed by atoms with Crippen LogP contribution in [-0.4, -0.2) is 66.9 Å². The van der Waals surface area contributed by atoms with Crippen LogP contribution in [0, 0.1) is 0 Å². The van der Waals surface area contributed by atoms with E-state index in [4.69, 9.17) is 25.5 Å². The molecule has 0 rings (SSSR count). The molecule has 0 aliphatic rings. The van der Waals surface area contributed by atoms with Crippen LogP contribution in [0.5, 0.6) is 0 Å². The molecule has 0 aromatic rings. The maximum atomic E-state index is 10.3. The summed E-state index contributed by atoms with van der Waals surface area (Å²) in [6, 6.07) is 0. The highest BCUT2D eigenvalue weighted by Gasteiger charge is 2.40. The Kier molecular flexibility index (Phi) is 13.1. The van der Waals surface area contributed by atoms with Gasteiger partial charge in [0.05, 0.1) is 18.9 Å². The minimum absolute atomic E-state index is 0.142. The third kappa shape index (κ3) is 13.7. The highest BCUT2D eigenvalue weighted by Crippen LogP contribution is 2.15. The van der Waals surface area contributed by atoms with Crippen molar-refractivity contribution in [1.29, 1.82) is 0 Å². The summed E-state index contributed by atoms with van der Waals surface area (Å²) in [5.41, 5.74) is -2.74. The molecule has 0 aromatic carbocycles. The topological polar surface area (TPSA) is 173 Å². The van der Waals surface area contributed by atoms with Crippen LogP contribution < -0.4 is 0 Å². The lowest BCUT2D eigenvalue weighted by atomic mass is 9.96. The summed E-state index contributed by atoms with van der Waals surface area (Å²) >= 11 is 0. The Morgan fingerprint density at radius 2 is 1.43 bits per heavy atom. The highest BCUT2D eigenvalue weighted by atomic mass is 16.4. The Morgan fingerprint density at radius 1 is 0.957 bits per heavy atom. The lowest BCUT2D eigenvalue weighted by Crippen LogP contribution is -2.42. The van der Waals surface area contributed by atoms with Gasteiger partial charge in [-0.05, 0) is 25.7 Å². The molecule has 0 spiro atoms. The standard InChI is InChI=1S/C8H18O2.C6H8O7/c1-2-5-8(10)6-3-4-7-9;7-3(8)1-6(13,5(11)12)2-4(9)10/h8-10H,2-7H2,1H3;13H,1-2H2,(H,7,8)(H,9,10)(H,11,12). The second-order valence-corrected chi connectivity index (χ2v) is 5.14. The van der Waals surface area contributed by atoms with Gasteiger partial charge in [0.25, 0.3) is 0 Å². The number of rotatable bonds is 11. The zero-order valence-electron chi connectivity index (χ0n) is 13.1. The van der Waals surface area contributed by atoms with Crippen molar-refractivity contribution in [3.63, 3.8) is 0 Å². The second-order valence-electron chi connectivity index (χ2n) is 5.14. The van der Waals surface area contributed by atoms with Gasteiger partial charge in [-0.25, -0.2) is 4.79 Å². The van der Waals surface area contributed by atoms with Crippen LogP contribution in [0.1, 0.15) is 51.9 Å². The fourth-order valence-corrected chi connectivity index (χ4v) is 1.68. The van der Waals surface area contributed by atoms with Crippen molar-refractivity contribution in [3.8, 4) is 0 Å². The molecule has 9 heteroatoms. The van der Waals surface area contributed by atoms with Gasteiger partial charge in [-0.1, -0.05) is 13.3 Å². The molecule has 0 aliphatic carbocycles. The highest BCUT2D eigenvalue weighted by molar-refractivity contribution is 5.88. The van der Waals surface area contributed by atoms with E-state index in [0.29, 0.717) is 0 Å². The van der Waals surface area contributed by atoms with Crippen molar-refractivity contribution in [2.45, 2.75) is 63.6 Å². The molecule has 6 N–H and O–H groups in total. The quantitative estimate of drug-likeness (QED) is 0.285. The first-order chi connectivity index (χ1) is 10.6. The average Bonchev–Trinajstić information content (AvgIpc) is 2.38. The molecule has 0 fully saturated rings. The molecule has 0 aliphatic heterocycles. The Labute approximate surface area is 134 Å². The van der Waals surface area contributed by atoms with E-state index in [9.17, 15) is 19.5 Å². The first-order valence-corrected chi connectivity index (χ1v) is 7.27. The van der Waals surface area contributed by atoms with Crippen molar-refractivity contribution < 1.29 is 45.0 Å². The van der Waals surface area contributed by atoms with E-state index >= 15 is 0 Å². The van der Waals surface area contributed by atoms with Gasteiger partial charge < -0.3 is 30.6 Å². The van der Waals surface area contributed by atoms with E-state index in [-0.39, 0.29) is 12.7 Å². The number of hydrogen-bond donors (Lipinski definition) is 6. The average molecular weight is 338 g/mol. The van der Waals surface area contributed by atoms with Gasteiger partial charge in [-0.2, -0.15) is 0 Å². The van der Waals surface area contributed by atoms with Gasteiger partial charge >= 0.3 is 17.9 Å². The molecule has 0 amide bonds. The predicted molar refractivity (Wildman–Crippen MR) is 78.9 cm³/mol. The number of hydrogen-bond acceptors (Lipinski definition) is 6. The molecule has 0 aromatic heterocycles. The first kappa shape index (κ1) is 23.6. The van der Waals surface area contributed by atoms with E-state index in [2.05, 4.69) is 6.92 Å². The number of carboxylic acid groups (broad SMARTS) is 3. The van der Waals surface area contributed by atoms with Crippen molar-refractivity contribution in [2.24, 2.45) is 0 Å². The van der Waals surface area contributed by atoms with Crippen LogP contribution in [0.3, 0.4) is 0 Å². The Bertz CT molecular complexity index is 351. The minimum Gasteiger partial charge on any atom is -0.481 e. The lowest BCUT2D eigenvalue weighted by Gasteiger charge is -2.18. The Balaban J connectivity index is 0. The summed E-state index contributed by atoms with van der Waals surface area (Å²) in [7, 11) is 0. The third-order valence-corrected chi connectivity index (χ3v) is 2.85. The van der Waals surface area contributed by atoms with E-state index in [1.54, 1.807) is 0 Å². The van der Waals surface area contributed by atoms with Gasteiger partial charge in [-0.15, -0.1) is 0 Å². The zero-order valence-corrected chi connectivity index (χ0v) is 13.1. The molecular formula is C14H26O9. The number of carbonyl (C=O) groups is 3. The van der Waals surface area contributed by atoms with E-state index < -0.39 is 36.4 Å². The summed E-state index contributed by atoms with van der Waals surface area (Å²) in [4.78, 5) is 30.5. The van der Waals surface area contributed by atoms with Gasteiger partial charge in [0.2, 0.25) is 0 Å². The normalized spacial score (nSPS) is 12.0. The van der Waals surface area contributed by atoms with Crippen molar-refractivity contribution in [3.05, 3.63) is 0 Å². The van der Waals surface area contributed by atoms with Crippen molar-refractivity contribution >= 4 is 17.9 Å².